The third kappa shape index (κ3) is 7.83. The zero-order valence-corrected chi connectivity index (χ0v) is 17.2. The summed E-state index contributed by atoms with van der Waals surface area (Å²) in [6.07, 6.45) is 2.46. The van der Waals surface area contributed by atoms with Gasteiger partial charge in [0.2, 0.25) is 11.8 Å². The standard InChI is InChI=1S/C19H38N4O3/c1-7-9-13(22-18(25)15(20)11(3)4)17(24)14(10-8-2)23-19(26)16(21)12(5)6/h11-16H,7-10,20-21H2,1-6H3,(H,22,25)(H,23,26)/t13?,14?,15-,16-/m0/s1. The first-order chi connectivity index (χ1) is 12.1. The lowest BCUT2D eigenvalue weighted by Gasteiger charge is -2.27. The molecule has 0 rings (SSSR count). The van der Waals surface area contributed by atoms with Crippen LogP contribution in [0, 0.1) is 11.8 Å². The molecule has 0 heterocycles. The molecule has 4 atom stereocenters. The van der Waals surface area contributed by atoms with Crippen molar-refractivity contribution in [1.29, 1.82) is 0 Å². The highest BCUT2D eigenvalue weighted by atomic mass is 16.2. The Labute approximate surface area is 158 Å². The van der Waals surface area contributed by atoms with E-state index < -0.39 is 24.2 Å². The van der Waals surface area contributed by atoms with Gasteiger partial charge in [-0.3, -0.25) is 14.4 Å². The first-order valence-electron chi connectivity index (χ1n) is 9.72. The van der Waals surface area contributed by atoms with Crippen LogP contribution in [0.4, 0.5) is 0 Å². The average Bonchev–Trinajstić information content (AvgIpc) is 2.58. The van der Waals surface area contributed by atoms with Crippen LogP contribution in [0.15, 0.2) is 0 Å². The fourth-order valence-electron chi connectivity index (χ4n) is 2.53. The zero-order chi connectivity index (χ0) is 20.4. The minimum absolute atomic E-state index is 0.0254. The van der Waals surface area contributed by atoms with E-state index in [-0.39, 0.29) is 29.4 Å². The fourth-order valence-corrected chi connectivity index (χ4v) is 2.53. The highest BCUT2D eigenvalue weighted by Gasteiger charge is 2.31. The van der Waals surface area contributed by atoms with Crippen molar-refractivity contribution in [3.05, 3.63) is 0 Å². The Balaban J connectivity index is 5.22. The number of hydrogen-bond acceptors (Lipinski definition) is 5. The van der Waals surface area contributed by atoms with Gasteiger partial charge in [0.15, 0.2) is 5.78 Å². The highest BCUT2D eigenvalue weighted by molar-refractivity contribution is 5.96. The molecule has 0 saturated heterocycles. The number of carbonyl (C=O) groups is 3. The normalized spacial score (nSPS) is 16.1. The van der Waals surface area contributed by atoms with Crippen molar-refractivity contribution in [3.63, 3.8) is 0 Å². The van der Waals surface area contributed by atoms with Crippen molar-refractivity contribution in [2.75, 3.05) is 0 Å². The topological polar surface area (TPSA) is 127 Å². The van der Waals surface area contributed by atoms with E-state index in [2.05, 4.69) is 10.6 Å². The molecule has 0 aliphatic heterocycles. The number of rotatable bonds is 12. The number of nitrogens with one attached hydrogen (secondary N) is 2. The molecule has 7 nitrogen and oxygen atoms in total. The number of amides is 2. The molecule has 0 radical (unpaired) electrons. The van der Waals surface area contributed by atoms with Crippen LogP contribution in [0.3, 0.4) is 0 Å². The van der Waals surface area contributed by atoms with E-state index in [9.17, 15) is 14.4 Å². The Morgan fingerprint density at radius 1 is 0.731 bits per heavy atom. The maximum Gasteiger partial charge on any atom is 0.237 e. The fraction of sp³-hybridized carbons (Fsp3) is 0.842. The molecule has 0 bridgehead atoms. The summed E-state index contributed by atoms with van der Waals surface area (Å²) >= 11 is 0. The molecule has 6 N–H and O–H groups in total. The number of Topliss-reactive ketones (excluding diaryl/α,β-unsaturated/α-hetero) is 1. The molecule has 26 heavy (non-hydrogen) atoms. The predicted octanol–water partition coefficient (Wildman–Crippen LogP) is 1.09. The van der Waals surface area contributed by atoms with Gasteiger partial charge in [0, 0.05) is 0 Å². The van der Waals surface area contributed by atoms with E-state index in [0.29, 0.717) is 12.8 Å². The van der Waals surface area contributed by atoms with Gasteiger partial charge >= 0.3 is 0 Å². The maximum atomic E-state index is 13.0. The lowest BCUT2D eigenvalue weighted by Crippen LogP contribution is -2.56. The van der Waals surface area contributed by atoms with Crippen LogP contribution >= 0.6 is 0 Å². The molecular formula is C19H38N4O3. The van der Waals surface area contributed by atoms with Gasteiger partial charge in [-0.25, -0.2) is 0 Å². The Hall–Kier alpha value is -1.47. The summed E-state index contributed by atoms with van der Waals surface area (Å²) in [7, 11) is 0. The summed E-state index contributed by atoms with van der Waals surface area (Å²) in [5.41, 5.74) is 11.8. The molecular weight excluding hydrogens is 332 g/mol. The Bertz CT molecular complexity index is 426. The molecule has 0 aromatic heterocycles. The molecule has 0 aromatic carbocycles. The number of hydrogen-bond donors (Lipinski definition) is 4. The predicted molar refractivity (Wildman–Crippen MR) is 104 cm³/mol. The molecule has 0 aliphatic carbocycles. The van der Waals surface area contributed by atoms with Gasteiger partial charge in [-0.2, -0.15) is 0 Å². The molecule has 2 unspecified atom stereocenters. The third-order valence-electron chi connectivity index (χ3n) is 4.52. The van der Waals surface area contributed by atoms with E-state index in [1.54, 1.807) is 0 Å². The summed E-state index contributed by atoms with van der Waals surface area (Å²) in [6, 6.07) is -2.67. The number of carbonyl (C=O) groups excluding carboxylic acids is 3. The van der Waals surface area contributed by atoms with E-state index in [1.807, 2.05) is 41.5 Å². The lowest BCUT2D eigenvalue weighted by atomic mass is 9.95. The van der Waals surface area contributed by atoms with Gasteiger partial charge in [-0.05, 0) is 24.7 Å². The second-order valence-electron chi connectivity index (χ2n) is 7.64. The Morgan fingerprint density at radius 2 is 1.04 bits per heavy atom. The molecule has 0 aromatic rings. The Morgan fingerprint density at radius 3 is 1.27 bits per heavy atom. The van der Waals surface area contributed by atoms with Crippen molar-refractivity contribution >= 4 is 17.6 Å². The van der Waals surface area contributed by atoms with Crippen molar-refractivity contribution in [2.45, 2.75) is 91.4 Å². The van der Waals surface area contributed by atoms with Gasteiger partial charge < -0.3 is 22.1 Å². The van der Waals surface area contributed by atoms with E-state index in [4.69, 9.17) is 11.5 Å². The van der Waals surface area contributed by atoms with Gasteiger partial charge in [0.1, 0.15) is 0 Å². The lowest BCUT2D eigenvalue weighted by molar-refractivity contribution is -0.132. The summed E-state index contributed by atoms with van der Waals surface area (Å²) in [6.45, 7) is 11.3. The zero-order valence-electron chi connectivity index (χ0n) is 17.2. The van der Waals surface area contributed by atoms with Crippen LogP contribution in [-0.4, -0.2) is 41.8 Å². The molecule has 7 heteroatoms. The quantitative estimate of drug-likeness (QED) is 0.409. The van der Waals surface area contributed by atoms with Crippen molar-refractivity contribution in [1.82, 2.24) is 10.6 Å². The van der Waals surface area contributed by atoms with E-state index in [0.717, 1.165) is 12.8 Å². The largest absolute Gasteiger partial charge is 0.345 e. The molecule has 152 valence electrons. The van der Waals surface area contributed by atoms with E-state index in [1.165, 1.54) is 0 Å². The Kier molecular flexibility index (Phi) is 11.3. The molecule has 0 saturated carbocycles. The SMILES string of the molecule is CCCC(NC(=O)[C@@H](N)C(C)C)C(=O)C(CCC)NC(=O)[C@@H](N)C(C)C. The number of nitrogens with two attached hydrogens (primary N) is 2. The second kappa shape index (κ2) is 12.0. The van der Waals surface area contributed by atoms with Crippen molar-refractivity contribution in [2.24, 2.45) is 23.3 Å². The molecule has 0 aliphatic rings. The minimum atomic E-state index is -0.671. The first-order valence-corrected chi connectivity index (χ1v) is 9.72. The third-order valence-corrected chi connectivity index (χ3v) is 4.52. The first kappa shape index (κ1) is 24.5. The van der Waals surface area contributed by atoms with Gasteiger partial charge in [0.05, 0.1) is 24.2 Å². The maximum absolute atomic E-state index is 13.0. The average molecular weight is 371 g/mol. The highest BCUT2D eigenvalue weighted by Crippen LogP contribution is 2.09. The van der Waals surface area contributed by atoms with E-state index >= 15 is 0 Å². The molecule has 0 fully saturated rings. The van der Waals surface area contributed by atoms with Crippen LogP contribution in [0.1, 0.15) is 67.2 Å². The van der Waals surface area contributed by atoms with Crippen LogP contribution in [0.2, 0.25) is 0 Å². The second-order valence-corrected chi connectivity index (χ2v) is 7.64. The molecule has 0 spiro atoms. The smallest absolute Gasteiger partial charge is 0.237 e. The van der Waals surface area contributed by atoms with Crippen LogP contribution < -0.4 is 22.1 Å². The van der Waals surface area contributed by atoms with Crippen LogP contribution in [0.5, 0.6) is 0 Å². The summed E-state index contributed by atoms with van der Waals surface area (Å²) in [4.78, 5) is 37.5. The monoisotopic (exact) mass is 370 g/mol. The summed E-state index contributed by atoms with van der Waals surface area (Å²) in [5.74, 6) is -0.924. The summed E-state index contributed by atoms with van der Waals surface area (Å²) < 4.78 is 0. The van der Waals surface area contributed by atoms with Crippen molar-refractivity contribution < 1.29 is 14.4 Å². The van der Waals surface area contributed by atoms with Gasteiger partial charge in [-0.15, -0.1) is 0 Å². The molecule has 2 amide bonds. The minimum Gasteiger partial charge on any atom is -0.345 e. The van der Waals surface area contributed by atoms with Gasteiger partial charge in [0.25, 0.3) is 0 Å². The van der Waals surface area contributed by atoms with Gasteiger partial charge in [-0.1, -0.05) is 54.4 Å². The van der Waals surface area contributed by atoms with Crippen molar-refractivity contribution in [3.8, 4) is 0 Å². The van der Waals surface area contributed by atoms with Crippen LogP contribution in [-0.2, 0) is 14.4 Å². The number of ketones is 1. The van der Waals surface area contributed by atoms with Crippen LogP contribution in [0.25, 0.3) is 0 Å². The summed E-state index contributed by atoms with van der Waals surface area (Å²) in [5, 5.41) is 5.53.